The number of nitrogens with zero attached hydrogens (tertiary/aromatic N) is 2. The fraction of sp³-hybridized carbons (Fsp3) is 0.692. The Kier molecular flexibility index (Phi) is 4.12. The van der Waals surface area contributed by atoms with Crippen molar-refractivity contribution < 1.29 is 18.3 Å². The molecule has 0 saturated carbocycles. The van der Waals surface area contributed by atoms with E-state index in [1.54, 1.807) is 0 Å². The first kappa shape index (κ1) is 16.0. The molecule has 2 rings (SSSR count). The van der Waals surface area contributed by atoms with Crippen LogP contribution in [0.3, 0.4) is 0 Å². The number of carboxylic acids is 1. The van der Waals surface area contributed by atoms with E-state index in [1.807, 2.05) is 0 Å². The highest BCUT2D eigenvalue weighted by Crippen LogP contribution is 2.36. The van der Waals surface area contributed by atoms with Crippen LogP contribution in [0.4, 0.5) is 0 Å². The fourth-order valence-corrected chi connectivity index (χ4v) is 4.36. The molecule has 1 aromatic rings. The van der Waals surface area contributed by atoms with E-state index in [1.165, 1.54) is 11.2 Å². The maximum atomic E-state index is 12.7. The molecule has 7 nitrogen and oxygen atoms in total. The number of H-pyrrole nitrogens is 1. The number of aromatic nitrogens is 2. The summed E-state index contributed by atoms with van der Waals surface area (Å²) in [6.45, 7) is 6.61. The van der Waals surface area contributed by atoms with Crippen LogP contribution in [0.15, 0.2) is 4.90 Å². The number of carboxylic acid groups (broad SMARTS) is 1. The number of aromatic carboxylic acids is 1. The first-order valence-electron chi connectivity index (χ1n) is 7.00. The maximum absolute atomic E-state index is 12.7. The summed E-state index contributed by atoms with van der Waals surface area (Å²) >= 11 is 0. The van der Waals surface area contributed by atoms with Crippen LogP contribution in [0, 0.1) is 12.3 Å². The van der Waals surface area contributed by atoms with Gasteiger partial charge in [0.25, 0.3) is 0 Å². The Morgan fingerprint density at radius 3 is 2.48 bits per heavy atom. The van der Waals surface area contributed by atoms with Crippen molar-refractivity contribution in [3.8, 4) is 0 Å². The monoisotopic (exact) mass is 315 g/mol. The lowest BCUT2D eigenvalue weighted by atomic mass is 9.79. The van der Waals surface area contributed by atoms with E-state index in [0.717, 1.165) is 19.3 Å². The smallest absolute Gasteiger partial charge is 0.357 e. The molecule has 1 aromatic heterocycles. The zero-order valence-corrected chi connectivity index (χ0v) is 13.3. The average molecular weight is 315 g/mol. The van der Waals surface area contributed by atoms with Crippen molar-refractivity contribution in [2.75, 3.05) is 13.1 Å². The number of carbonyl (C=O) groups is 1. The predicted molar refractivity (Wildman–Crippen MR) is 76.7 cm³/mol. The zero-order valence-electron chi connectivity index (χ0n) is 12.5. The van der Waals surface area contributed by atoms with Crippen molar-refractivity contribution in [1.82, 2.24) is 14.5 Å². The zero-order chi connectivity index (χ0) is 15.8. The van der Waals surface area contributed by atoms with Crippen molar-refractivity contribution in [2.24, 2.45) is 5.41 Å². The number of sulfonamides is 1. The van der Waals surface area contributed by atoms with E-state index in [4.69, 9.17) is 5.11 Å². The van der Waals surface area contributed by atoms with Crippen molar-refractivity contribution in [3.63, 3.8) is 0 Å². The van der Waals surface area contributed by atoms with Crippen LogP contribution in [-0.4, -0.2) is 47.1 Å². The van der Waals surface area contributed by atoms with Crippen LogP contribution in [0.1, 0.15) is 49.3 Å². The summed E-state index contributed by atoms with van der Waals surface area (Å²) in [5, 5.41) is 15.1. The molecule has 2 N–H and O–H groups in total. The Balaban J connectivity index is 2.32. The van der Waals surface area contributed by atoms with E-state index in [9.17, 15) is 13.2 Å². The number of hydrogen-bond donors (Lipinski definition) is 2. The molecule has 0 amide bonds. The minimum atomic E-state index is -3.82. The van der Waals surface area contributed by atoms with E-state index in [-0.39, 0.29) is 16.0 Å². The largest absolute Gasteiger partial charge is 0.476 e. The lowest BCUT2D eigenvalue weighted by Crippen LogP contribution is -2.42. The molecule has 1 saturated heterocycles. The van der Waals surface area contributed by atoms with Gasteiger partial charge in [-0.3, -0.25) is 5.10 Å². The first-order chi connectivity index (χ1) is 9.71. The lowest BCUT2D eigenvalue weighted by molar-refractivity contribution is 0.0685. The molecule has 21 heavy (non-hydrogen) atoms. The van der Waals surface area contributed by atoms with E-state index in [2.05, 4.69) is 24.0 Å². The molecule has 118 valence electrons. The van der Waals surface area contributed by atoms with E-state index >= 15 is 0 Å². The van der Waals surface area contributed by atoms with Crippen LogP contribution in [0.2, 0.25) is 0 Å². The number of hydrogen-bond acceptors (Lipinski definition) is 4. The summed E-state index contributed by atoms with van der Waals surface area (Å²) in [5.41, 5.74) is -0.0138. The average Bonchev–Trinajstić information content (AvgIpc) is 2.82. The standard InChI is InChI=1S/C13H21N3O4S/c1-4-13(3)5-7-16(8-6-13)21(19,20)11-9(2)14-15-10(11)12(17)18/h4-8H2,1-3H3,(H,14,15)(H,17,18). The lowest BCUT2D eigenvalue weighted by Gasteiger charge is -2.38. The summed E-state index contributed by atoms with van der Waals surface area (Å²) in [6.07, 6.45) is 2.57. The van der Waals surface area contributed by atoms with Gasteiger partial charge >= 0.3 is 5.97 Å². The highest BCUT2D eigenvalue weighted by molar-refractivity contribution is 7.89. The number of nitrogens with one attached hydrogen (secondary N) is 1. The van der Waals surface area contributed by atoms with Gasteiger partial charge in [0.2, 0.25) is 10.0 Å². The van der Waals surface area contributed by atoms with Gasteiger partial charge in [-0.15, -0.1) is 0 Å². The number of aromatic amines is 1. The van der Waals surface area contributed by atoms with Crippen LogP contribution in [0.25, 0.3) is 0 Å². The van der Waals surface area contributed by atoms with Crippen molar-refractivity contribution >= 4 is 16.0 Å². The van der Waals surface area contributed by atoms with Crippen LogP contribution in [0.5, 0.6) is 0 Å². The predicted octanol–water partition coefficient (Wildman–Crippen LogP) is 1.62. The van der Waals surface area contributed by atoms with Gasteiger partial charge in [-0.1, -0.05) is 20.3 Å². The molecule has 8 heteroatoms. The normalized spacial score (nSPS) is 19.6. The molecule has 1 aliphatic heterocycles. The molecular formula is C13H21N3O4S. The molecular weight excluding hydrogens is 294 g/mol. The molecule has 0 radical (unpaired) electrons. The Morgan fingerprint density at radius 2 is 2.00 bits per heavy atom. The minimum Gasteiger partial charge on any atom is -0.476 e. The van der Waals surface area contributed by atoms with Gasteiger partial charge in [-0.05, 0) is 25.2 Å². The van der Waals surface area contributed by atoms with Gasteiger partial charge in [0, 0.05) is 13.1 Å². The summed E-state index contributed by atoms with van der Waals surface area (Å²) in [4.78, 5) is 10.9. The minimum absolute atomic E-state index is 0.160. The fourth-order valence-electron chi connectivity index (χ4n) is 2.63. The molecule has 0 aromatic carbocycles. The van der Waals surface area contributed by atoms with Gasteiger partial charge in [-0.25, -0.2) is 13.2 Å². The SMILES string of the molecule is CCC1(C)CCN(S(=O)(=O)c2c(C(=O)O)n[nH]c2C)CC1. The summed E-state index contributed by atoms with van der Waals surface area (Å²) < 4.78 is 26.8. The molecule has 0 atom stereocenters. The number of piperidine rings is 1. The van der Waals surface area contributed by atoms with Gasteiger partial charge in [-0.2, -0.15) is 9.40 Å². The van der Waals surface area contributed by atoms with Crippen molar-refractivity contribution in [2.45, 2.75) is 44.9 Å². The third-order valence-corrected chi connectivity index (χ3v) is 6.54. The second-order valence-corrected chi connectivity index (χ2v) is 7.77. The molecule has 2 heterocycles. The Morgan fingerprint density at radius 1 is 1.43 bits per heavy atom. The third kappa shape index (κ3) is 2.82. The molecule has 0 spiro atoms. The molecule has 0 unspecified atom stereocenters. The quantitative estimate of drug-likeness (QED) is 0.878. The van der Waals surface area contributed by atoms with Crippen LogP contribution < -0.4 is 0 Å². The van der Waals surface area contributed by atoms with Crippen molar-refractivity contribution in [1.29, 1.82) is 0 Å². The highest BCUT2D eigenvalue weighted by atomic mass is 32.2. The van der Waals surface area contributed by atoms with Crippen molar-refractivity contribution in [3.05, 3.63) is 11.4 Å². The Hall–Kier alpha value is -1.41. The maximum Gasteiger partial charge on any atom is 0.357 e. The second kappa shape index (κ2) is 5.42. The Labute approximate surface area is 124 Å². The molecule has 1 aliphatic rings. The van der Waals surface area contributed by atoms with E-state index in [0.29, 0.717) is 13.1 Å². The van der Waals surface area contributed by atoms with Gasteiger partial charge in [0.05, 0.1) is 5.69 Å². The molecule has 0 aliphatic carbocycles. The topological polar surface area (TPSA) is 103 Å². The third-order valence-electron chi connectivity index (χ3n) is 4.47. The first-order valence-corrected chi connectivity index (χ1v) is 8.44. The summed E-state index contributed by atoms with van der Waals surface area (Å²) in [5.74, 6) is -1.34. The number of rotatable bonds is 4. The second-order valence-electron chi connectivity index (χ2n) is 5.90. The highest BCUT2D eigenvalue weighted by Gasteiger charge is 2.38. The summed E-state index contributed by atoms with van der Waals surface area (Å²) in [6, 6.07) is 0. The van der Waals surface area contributed by atoms with Gasteiger partial charge in [0.15, 0.2) is 5.69 Å². The van der Waals surface area contributed by atoms with Crippen LogP contribution in [-0.2, 0) is 10.0 Å². The summed E-state index contributed by atoms with van der Waals surface area (Å²) in [7, 11) is -3.82. The van der Waals surface area contributed by atoms with Gasteiger partial charge < -0.3 is 5.11 Å². The molecule has 0 bridgehead atoms. The van der Waals surface area contributed by atoms with Crippen LogP contribution >= 0.6 is 0 Å². The van der Waals surface area contributed by atoms with Gasteiger partial charge in [0.1, 0.15) is 4.90 Å². The number of aryl methyl sites for hydroxylation is 1. The van der Waals surface area contributed by atoms with E-state index < -0.39 is 21.7 Å². The Bertz CT molecular complexity index is 642. The molecule has 1 fully saturated rings.